The summed E-state index contributed by atoms with van der Waals surface area (Å²) in [5.41, 5.74) is 7.15. The molecule has 7 nitrogen and oxygen atoms in total. The van der Waals surface area contributed by atoms with Crippen LogP contribution in [0.25, 0.3) is 16.8 Å². The van der Waals surface area contributed by atoms with Crippen LogP contribution in [0, 0.1) is 20.8 Å². The van der Waals surface area contributed by atoms with Gasteiger partial charge in [-0.1, -0.05) is 30.3 Å². The van der Waals surface area contributed by atoms with Crippen LogP contribution in [0.1, 0.15) is 22.5 Å². The van der Waals surface area contributed by atoms with Gasteiger partial charge in [-0.05, 0) is 44.4 Å². The van der Waals surface area contributed by atoms with Crippen molar-refractivity contribution in [2.45, 2.75) is 33.2 Å². The molecule has 3 aromatic heterocycles. The van der Waals surface area contributed by atoms with Crippen molar-refractivity contribution >= 4 is 17.3 Å². The number of benzene rings is 1. The van der Waals surface area contributed by atoms with E-state index in [-0.39, 0.29) is 6.04 Å². The van der Waals surface area contributed by atoms with E-state index < -0.39 is 0 Å². The Kier molecular flexibility index (Phi) is 6.60. The molecule has 7 heteroatoms. The molecule has 4 rings (SSSR count). The number of rotatable bonds is 8. The lowest BCUT2D eigenvalue weighted by Crippen LogP contribution is -2.28. The Balaban J connectivity index is 1.75. The SMILES string of the molecule is COCC(Cc1ccccc1)Nc1cc(C)nc2c(-c3cnc(N(C)C)cc3C)c(C)nn12. The number of methoxy groups -OCH3 is 1. The summed E-state index contributed by atoms with van der Waals surface area (Å²) < 4.78 is 7.42. The summed E-state index contributed by atoms with van der Waals surface area (Å²) in [5.74, 6) is 1.83. The number of ether oxygens (including phenoxy) is 1. The van der Waals surface area contributed by atoms with Crippen molar-refractivity contribution in [3.05, 3.63) is 71.2 Å². The highest BCUT2D eigenvalue weighted by atomic mass is 16.5. The topological polar surface area (TPSA) is 67.6 Å². The third kappa shape index (κ3) is 4.83. The van der Waals surface area contributed by atoms with Crippen LogP contribution in [-0.4, -0.2) is 53.4 Å². The summed E-state index contributed by atoms with van der Waals surface area (Å²) >= 11 is 0. The van der Waals surface area contributed by atoms with Gasteiger partial charge in [0.1, 0.15) is 11.6 Å². The summed E-state index contributed by atoms with van der Waals surface area (Å²) in [6.07, 6.45) is 2.77. The minimum absolute atomic E-state index is 0.0955. The van der Waals surface area contributed by atoms with Crippen molar-refractivity contribution in [2.75, 3.05) is 38.0 Å². The fourth-order valence-electron chi connectivity index (χ4n) is 4.17. The Morgan fingerprint density at radius 3 is 2.52 bits per heavy atom. The van der Waals surface area contributed by atoms with Crippen LogP contribution in [0.5, 0.6) is 0 Å². The van der Waals surface area contributed by atoms with Gasteiger partial charge in [-0.25, -0.2) is 9.97 Å². The van der Waals surface area contributed by atoms with Gasteiger partial charge < -0.3 is 15.0 Å². The quantitative estimate of drug-likeness (QED) is 0.433. The van der Waals surface area contributed by atoms with Crippen LogP contribution in [0.2, 0.25) is 0 Å². The van der Waals surface area contributed by atoms with E-state index >= 15 is 0 Å². The smallest absolute Gasteiger partial charge is 0.165 e. The first-order chi connectivity index (χ1) is 15.9. The summed E-state index contributed by atoms with van der Waals surface area (Å²) in [5, 5.41) is 8.52. The van der Waals surface area contributed by atoms with Crippen molar-refractivity contribution in [2.24, 2.45) is 0 Å². The monoisotopic (exact) mass is 444 g/mol. The molecule has 0 spiro atoms. The molecule has 0 fully saturated rings. The van der Waals surface area contributed by atoms with Crippen molar-refractivity contribution in [1.29, 1.82) is 0 Å². The van der Waals surface area contributed by atoms with Gasteiger partial charge in [0.25, 0.3) is 0 Å². The molecule has 3 heterocycles. The molecular formula is C26H32N6O. The third-order valence-corrected chi connectivity index (χ3v) is 5.76. The first kappa shape index (κ1) is 22.7. The van der Waals surface area contributed by atoms with Crippen molar-refractivity contribution in [3.8, 4) is 11.1 Å². The van der Waals surface area contributed by atoms with Gasteiger partial charge in [-0.2, -0.15) is 9.61 Å². The van der Waals surface area contributed by atoms with Crippen LogP contribution in [0.15, 0.2) is 48.7 Å². The van der Waals surface area contributed by atoms with Gasteiger partial charge in [-0.3, -0.25) is 0 Å². The predicted molar refractivity (Wildman–Crippen MR) is 134 cm³/mol. The number of anilines is 2. The van der Waals surface area contributed by atoms with Crippen LogP contribution in [0.4, 0.5) is 11.6 Å². The van der Waals surface area contributed by atoms with Crippen LogP contribution < -0.4 is 10.2 Å². The summed E-state index contributed by atoms with van der Waals surface area (Å²) in [6, 6.07) is 14.7. The highest BCUT2D eigenvalue weighted by molar-refractivity contribution is 5.83. The van der Waals surface area contributed by atoms with Gasteiger partial charge >= 0.3 is 0 Å². The number of fused-ring (bicyclic) bond motifs is 1. The number of nitrogens with zero attached hydrogens (tertiary/aromatic N) is 5. The van der Waals surface area contributed by atoms with Gasteiger partial charge in [0, 0.05) is 44.7 Å². The summed E-state index contributed by atoms with van der Waals surface area (Å²) in [4.78, 5) is 11.5. The molecule has 1 atom stereocenters. The van der Waals surface area contributed by atoms with E-state index in [9.17, 15) is 0 Å². The maximum atomic E-state index is 5.52. The van der Waals surface area contributed by atoms with Crippen LogP contribution in [-0.2, 0) is 11.2 Å². The lowest BCUT2D eigenvalue weighted by molar-refractivity contribution is 0.185. The van der Waals surface area contributed by atoms with Gasteiger partial charge in [0.05, 0.1) is 23.9 Å². The van der Waals surface area contributed by atoms with E-state index in [0.717, 1.165) is 51.8 Å². The van der Waals surface area contributed by atoms with Crippen LogP contribution >= 0.6 is 0 Å². The molecule has 33 heavy (non-hydrogen) atoms. The summed E-state index contributed by atoms with van der Waals surface area (Å²) in [7, 11) is 5.73. The zero-order valence-corrected chi connectivity index (χ0v) is 20.3. The molecule has 1 N–H and O–H groups in total. The minimum Gasteiger partial charge on any atom is -0.383 e. The Labute approximate surface area is 195 Å². The Morgan fingerprint density at radius 2 is 1.85 bits per heavy atom. The second kappa shape index (κ2) is 9.58. The Bertz CT molecular complexity index is 1250. The lowest BCUT2D eigenvalue weighted by atomic mass is 10.0. The molecule has 0 saturated carbocycles. The minimum atomic E-state index is 0.0955. The largest absolute Gasteiger partial charge is 0.383 e. The molecule has 172 valence electrons. The molecule has 0 bridgehead atoms. The van der Waals surface area contributed by atoms with E-state index in [0.29, 0.717) is 6.61 Å². The van der Waals surface area contributed by atoms with Gasteiger partial charge in [-0.15, -0.1) is 0 Å². The van der Waals surface area contributed by atoms with E-state index in [4.69, 9.17) is 14.8 Å². The molecular weight excluding hydrogens is 412 g/mol. The molecule has 0 radical (unpaired) electrons. The van der Waals surface area contributed by atoms with E-state index in [1.54, 1.807) is 7.11 Å². The molecule has 0 aliphatic heterocycles. The highest BCUT2D eigenvalue weighted by Crippen LogP contribution is 2.32. The third-order valence-electron chi connectivity index (χ3n) is 5.76. The maximum Gasteiger partial charge on any atom is 0.165 e. The van der Waals surface area contributed by atoms with E-state index in [2.05, 4.69) is 47.6 Å². The number of hydrogen-bond donors (Lipinski definition) is 1. The number of aryl methyl sites for hydroxylation is 3. The van der Waals surface area contributed by atoms with Crippen LogP contribution in [0.3, 0.4) is 0 Å². The summed E-state index contributed by atoms with van der Waals surface area (Å²) in [6.45, 7) is 6.73. The van der Waals surface area contributed by atoms with E-state index in [1.807, 2.05) is 55.7 Å². The number of aromatic nitrogens is 4. The zero-order valence-electron chi connectivity index (χ0n) is 20.3. The number of nitrogens with one attached hydrogen (secondary N) is 1. The normalized spacial score (nSPS) is 12.2. The number of hydrogen-bond acceptors (Lipinski definition) is 6. The van der Waals surface area contributed by atoms with Gasteiger partial charge in [0.15, 0.2) is 5.65 Å². The second-order valence-corrected chi connectivity index (χ2v) is 8.72. The van der Waals surface area contributed by atoms with Gasteiger partial charge in [0.2, 0.25) is 0 Å². The Morgan fingerprint density at radius 1 is 1.09 bits per heavy atom. The standard InChI is InChI=1S/C26H32N6O/c1-17-12-23(31(4)5)27-15-22(17)25-19(3)30-32-24(13-18(2)28-26(25)32)29-21(16-33-6)14-20-10-8-7-9-11-20/h7-13,15,21,29H,14,16H2,1-6H3. The van der Waals surface area contributed by atoms with Crippen molar-refractivity contribution in [3.63, 3.8) is 0 Å². The molecule has 0 aliphatic rings. The average molecular weight is 445 g/mol. The molecule has 4 aromatic rings. The molecule has 0 aliphatic carbocycles. The molecule has 0 amide bonds. The number of pyridine rings is 1. The first-order valence-corrected chi connectivity index (χ1v) is 11.2. The fourth-order valence-corrected chi connectivity index (χ4v) is 4.17. The first-order valence-electron chi connectivity index (χ1n) is 11.2. The maximum absolute atomic E-state index is 5.52. The van der Waals surface area contributed by atoms with Crippen molar-refractivity contribution in [1.82, 2.24) is 19.6 Å². The molecule has 0 saturated heterocycles. The van der Waals surface area contributed by atoms with E-state index in [1.165, 1.54) is 5.56 Å². The second-order valence-electron chi connectivity index (χ2n) is 8.72. The fraction of sp³-hybridized carbons (Fsp3) is 0.346. The predicted octanol–water partition coefficient (Wildman–Crippen LogP) is 4.45. The molecule has 1 aromatic carbocycles. The zero-order chi connectivity index (χ0) is 23.5. The molecule has 1 unspecified atom stereocenters. The Hall–Kier alpha value is -3.45. The highest BCUT2D eigenvalue weighted by Gasteiger charge is 2.20. The van der Waals surface area contributed by atoms with Crippen molar-refractivity contribution < 1.29 is 4.74 Å². The average Bonchev–Trinajstić information content (AvgIpc) is 3.10. The lowest BCUT2D eigenvalue weighted by Gasteiger charge is -2.20.